The van der Waals surface area contributed by atoms with Crippen molar-refractivity contribution in [2.45, 2.75) is 111 Å². The number of carboxylic acids is 1. The first kappa shape index (κ1) is 34.1. The van der Waals surface area contributed by atoms with Crippen LogP contribution in [-0.4, -0.2) is 41.6 Å². The van der Waals surface area contributed by atoms with Crippen LogP contribution in [0.15, 0.2) is 18.2 Å². The summed E-state index contributed by atoms with van der Waals surface area (Å²) in [6.45, 7) is 9.81. The predicted octanol–water partition coefficient (Wildman–Crippen LogP) is 5.77. The summed E-state index contributed by atoms with van der Waals surface area (Å²) in [4.78, 5) is 49.0. The van der Waals surface area contributed by atoms with E-state index >= 15 is 0 Å². The van der Waals surface area contributed by atoms with Crippen LogP contribution in [0.4, 0.5) is 0 Å². The Morgan fingerprint density at radius 2 is 1.38 bits per heavy atom. The molecule has 1 aromatic carbocycles. The Bertz CT molecular complexity index is 930. The van der Waals surface area contributed by atoms with Crippen LogP contribution in [0.5, 0.6) is 11.5 Å². The minimum Gasteiger partial charge on any atom is -0.480 e. The fraction of sp³-hybridized carbons (Fsp3) is 0.667. The average Bonchev–Trinajstić information content (AvgIpc) is 2.88. The molecule has 1 rings (SSSR count). The first-order valence-corrected chi connectivity index (χ1v) is 14.2. The van der Waals surface area contributed by atoms with Gasteiger partial charge < -0.3 is 25.1 Å². The standard InChI is InChI=1S/C30H47NO8/c1-6-8-10-12-26(33)38-23-16-15-22(18-24(23)39-27(34)13-11-9-7-2)28(29(31)30(35)36)21(5)19-37-25(32)17-14-20(3)4/h15-16,18,20-21,28-29H,6-14,17,19,31H2,1-5H3,(H,35,36)/t21?,28?,29-/m0/s1. The molecule has 0 saturated heterocycles. The minimum absolute atomic E-state index is 0.0249. The maximum atomic E-state index is 12.5. The Balaban J connectivity index is 3.24. The molecule has 0 bridgehead atoms. The number of nitrogens with two attached hydrogens (primary N) is 1. The van der Waals surface area contributed by atoms with Crippen LogP contribution >= 0.6 is 0 Å². The Hall–Kier alpha value is -2.94. The lowest BCUT2D eigenvalue weighted by atomic mass is 9.82. The third kappa shape index (κ3) is 13.1. The summed E-state index contributed by atoms with van der Waals surface area (Å²) in [6.07, 6.45) is 6.40. The van der Waals surface area contributed by atoms with E-state index in [1.165, 1.54) is 12.1 Å². The lowest BCUT2D eigenvalue weighted by Crippen LogP contribution is -2.40. The normalized spacial score (nSPS) is 13.4. The van der Waals surface area contributed by atoms with E-state index in [9.17, 15) is 24.3 Å². The summed E-state index contributed by atoms with van der Waals surface area (Å²) < 4.78 is 16.5. The van der Waals surface area contributed by atoms with Crippen LogP contribution < -0.4 is 15.2 Å². The average molecular weight is 550 g/mol. The smallest absolute Gasteiger partial charge is 0.321 e. The molecule has 9 heteroatoms. The van der Waals surface area contributed by atoms with Gasteiger partial charge in [0.05, 0.1) is 6.61 Å². The summed E-state index contributed by atoms with van der Waals surface area (Å²) in [5.41, 5.74) is 6.55. The van der Waals surface area contributed by atoms with Crippen molar-refractivity contribution < 1.29 is 38.5 Å². The van der Waals surface area contributed by atoms with Gasteiger partial charge in [-0.2, -0.15) is 0 Å². The second kappa shape index (κ2) is 18.4. The van der Waals surface area contributed by atoms with E-state index in [0.717, 1.165) is 25.7 Å². The fourth-order valence-electron chi connectivity index (χ4n) is 4.13. The van der Waals surface area contributed by atoms with Crippen LogP contribution in [0.2, 0.25) is 0 Å². The maximum Gasteiger partial charge on any atom is 0.321 e. The number of ether oxygens (including phenoxy) is 3. The summed E-state index contributed by atoms with van der Waals surface area (Å²) in [5, 5.41) is 9.71. The number of carboxylic acid groups (broad SMARTS) is 1. The quantitative estimate of drug-likeness (QED) is 0.125. The largest absolute Gasteiger partial charge is 0.480 e. The molecule has 2 unspecified atom stereocenters. The van der Waals surface area contributed by atoms with E-state index in [-0.39, 0.29) is 43.3 Å². The monoisotopic (exact) mass is 549 g/mol. The van der Waals surface area contributed by atoms with Gasteiger partial charge >= 0.3 is 23.9 Å². The molecule has 0 aromatic heterocycles. The first-order chi connectivity index (χ1) is 18.5. The lowest BCUT2D eigenvalue weighted by molar-refractivity contribution is -0.145. The van der Waals surface area contributed by atoms with Gasteiger partial charge in [-0.25, -0.2) is 0 Å². The highest BCUT2D eigenvalue weighted by molar-refractivity contribution is 5.77. The molecule has 0 heterocycles. The van der Waals surface area contributed by atoms with Gasteiger partial charge in [0.1, 0.15) is 6.04 Å². The van der Waals surface area contributed by atoms with E-state index in [4.69, 9.17) is 19.9 Å². The molecule has 3 N–H and O–H groups in total. The maximum absolute atomic E-state index is 12.5. The van der Waals surface area contributed by atoms with E-state index in [0.29, 0.717) is 30.7 Å². The third-order valence-corrected chi connectivity index (χ3v) is 6.49. The summed E-state index contributed by atoms with van der Waals surface area (Å²) in [6, 6.07) is 3.28. The summed E-state index contributed by atoms with van der Waals surface area (Å²) >= 11 is 0. The second-order valence-electron chi connectivity index (χ2n) is 10.6. The summed E-state index contributed by atoms with van der Waals surface area (Å²) in [5.74, 6) is -3.27. The Kier molecular flexibility index (Phi) is 16.1. The van der Waals surface area contributed by atoms with Crippen molar-refractivity contribution in [1.82, 2.24) is 0 Å². The second-order valence-corrected chi connectivity index (χ2v) is 10.6. The van der Waals surface area contributed by atoms with Crippen molar-refractivity contribution in [1.29, 1.82) is 0 Å². The topological polar surface area (TPSA) is 142 Å². The number of rotatable bonds is 19. The SMILES string of the molecule is CCCCCC(=O)Oc1ccc(C(C(C)COC(=O)CCC(C)C)[C@H](N)C(=O)O)cc1OC(=O)CCCCC. The van der Waals surface area contributed by atoms with E-state index in [1.807, 2.05) is 27.7 Å². The van der Waals surface area contributed by atoms with Crippen molar-refractivity contribution in [3.63, 3.8) is 0 Å². The number of unbranched alkanes of at least 4 members (excludes halogenated alkanes) is 4. The van der Waals surface area contributed by atoms with Gasteiger partial charge in [-0.15, -0.1) is 0 Å². The van der Waals surface area contributed by atoms with Gasteiger partial charge in [0.15, 0.2) is 11.5 Å². The number of benzene rings is 1. The van der Waals surface area contributed by atoms with Gasteiger partial charge in [-0.1, -0.05) is 66.4 Å². The van der Waals surface area contributed by atoms with Gasteiger partial charge in [0, 0.05) is 25.2 Å². The molecule has 0 spiro atoms. The molecular weight excluding hydrogens is 502 g/mol. The highest BCUT2D eigenvalue weighted by Crippen LogP contribution is 2.36. The third-order valence-electron chi connectivity index (χ3n) is 6.49. The van der Waals surface area contributed by atoms with Gasteiger partial charge in [-0.3, -0.25) is 19.2 Å². The van der Waals surface area contributed by atoms with Gasteiger partial charge in [0.2, 0.25) is 0 Å². The number of aliphatic carboxylic acids is 1. The van der Waals surface area contributed by atoms with Crippen LogP contribution in [-0.2, 0) is 23.9 Å². The van der Waals surface area contributed by atoms with Crippen molar-refractivity contribution in [3.05, 3.63) is 23.8 Å². The molecule has 0 amide bonds. The number of hydrogen-bond acceptors (Lipinski definition) is 8. The molecule has 1 aromatic rings. The van der Waals surface area contributed by atoms with E-state index in [2.05, 4.69) is 0 Å². The van der Waals surface area contributed by atoms with Crippen LogP contribution in [0, 0.1) is 11.8 Å². The number of esters is 3. The predicted molar refractivity (Wildman–Crippen MR) is 149 cm³/mol. The van der Waals surface area contributed by atoms with E-state index < -0.39 is 35.8 Å². The molecule has 0 fully saturated rings. The molecule has 0 aliphatic heterocycles. The zero-order valence-electron chi connectivity index (χ0n) is 24.2. The summed E-state index contributed by atoms with van der Waals surface area (Å²) in [7, 11) is 0. The van der Waals surface area contributed by atoms with Crippen molar-refractivity contribution in [3.8, 4) is 11.5 Å². The number of carbonyl (C=O) groups excluding carboxylic acids is 3. The molecule has 0 saturated carbocycles. The molecule has 39 heavy (non-hydrogen) atoms. The highest BCUT2D eigenvalue weighted by Gasteiger charge is 2.32. The van der Waals surface area contributed by atoms with Crippen molar-refractivity contribution in [2.24, 2.45) is 17.6 Å². The highest BCUT2D eigenvalue weighted by atomic mass is 16.6. The van der Waals surface area contributed by atoms with Crippen LogP contribution in [0.1, 0.15) is 110 Å². The number of hydrogen-bond donors (Lipinski definition) is 2. The van der Waals surface area contributed by atoms with Gasteiger partial charge in [-0.05, 0) is 48.8 Å². The van der Waals surface area contributed by atoms with Gasteiger partial charge in [0.25, 0.3) is 0 Å². The minimum atomic E-state index is -1.31. The van der Waals surface area contributed by atoms with E-state index in [1.54, 1.807) is 13.0 Å². The zero-order chi connectivity index (χ0) is 29.4. The molecule has 0 aliphatic rings. The van der Waals surface area contributed by atoms with Crippen molar-refractivity contribution >= 4 is 23.9 Å². The first-order valence-electron chi connectivity index (χ1n) is 14.2. The molecular formula is C30H47NO8. The Labute approximate surface area is 232 Å². The Morgan fingerprint density at radius 3 is 1.90 bits per heavy atom. The lowest BCUT2D eigenvalue weighted by Gasteiger charge is -2.28. The van der Waals surface area contributed by atoms with Crippen LogP contribution in [0.3, 0.4) is 0 Å². The number of carbonyl (C=O) groups is 4. The van der Waals surface area contributed by atoms with Crippen LogP contribution in [0.25, 0.3) is 0 Å². The molecule has 3 atom stereocenters. The molecule has 220 valence electrons. The fourth-order valence-corrected chi connectivity index (χ4v) is 4.13. The Morgan fingerprint density at radius 1 is 0.821 bits per heavy atom. The van der Waals surface area contributed by atoms with Crippen molar-refractivity contribution in [2.75, 3.05) is 6.61 Å². The zero-order valence-corrected chi connectivity index (χ0v) is 24.2. The molecule has 0 aliphatic carbocycles. The molecule has 9 nitrogen and oxygen atoms in total. The molecule has 0 radical (unpaired) electrons.